The number of aliphatic carboxylic acids is 1. The molecule has 0 aliphatic rings. The minimum absolute atomic E-state index is 0. The first-order valence-electron chi connectivity index (χ1n) is 3.25. The van der Waals surface area contributed by atoms with Crippen LogP contribution in [0.4, 0.5) is 8.78 Å². The van der Waals surface area contributed by atoms with E-state index in [-0.39, 0.29) is 51.4 Å². The SMILES string of the molecule is CN(C)C=C(C(=O)[O-])C(F)(F)C=O.[K+]. The number of halogens is 2. The van der Waals surface area contributed by atoms with E-state index in [4.69, 9.17) is 0 Å². The Morgan fingerprint density at radius 2 is 1.86 bits per heavy atom. The third kappa shape index (κ3) is 5.16. The minimum Gasteiger partial charge on any atom is -0.545 e. The van der Waals surface area contributed by atoms with Crippen molar-refractivity contribution < 1.29 is 74.9 Å². The van der Waals surface area contributed by atoms with Gasteiger partial charge >= 0.3 is 57.3 Å². The van der Waals surface area contributed by atoms with Gasteiger partial charge in [-0.15, -0.1) is 0 Å². The first kappa shape index (κ1) is 16.6. The Labute approximate surface area is 122 Å². The molecule has 0 aromatic heterocycles. The molecule has 14 heavy (non-hydrogen) atoms. The number of rotatable bonds is 4. The van der Waals surface area contributed by atoms with Gasteiger partial charge in [0.05, 0.1) is 11.5 Å². The molecule has 0 atom stereocenters. The van der Waals surface area contributed by atoms with Crippen LogP contribution in [0.15, 0.2) is 11.8 Å². The van der Waals surface area contributed by atoms with Crippen molar-refractivity contribution in [1.82, 2.24) is 4.90 Å². The Morgan fingerprint density at radius 1 is 1.43 bits per heavy atom. The van der Waals surface area contributed by atoms with Crippen molar-refractivity contribution in [2.75, 3.05) is 14.1 Å². The summed E-state index contributed by atoms with van der Waals surface area (Å²) in [5.41, 5.74) is -1.35. The van der Waals surface area contributed by atoms with Gasteiger partial charge in [0.2, 0.25) is 0 Å². The summed E-state index contributed by atoms with van der Waals surface area (Å²) in [6.45, 7) is 0. The zero-order valence-electron chi connectivity index (χ0n) is 8.08. The summed E-state index contributed by atoms with van der Waals surface area (Å²) in [6, 6.07) is 0. The predicted molar refractivity (Wildman–Crippen MR) is 37.8 cm³/mol. The van der Waals surface area contributed by atoms with Gasteiger partial charge in [0, 0.05) is 20.3 Å². The first-order valence-corrected chi connectivity index (χ1v) is 3.25. The molecule has 4 nitrogen and oxygen atoms in total. The molecular weight excluding hydrogens is 223 g/mol. The van der Waals surface area contributed by atoms with E-state index in [0.29, 0.717) is 6.20 Å². The summed E-state index contributed by atoms with van der Waals surface area (Å²) in [4.78, 5) is 21.1. The van der Waals surface area contributed by atoms with Gasteiger partial charge in [0.1, 0.15) is 0 Å². The van der Waals surface area contributed by atoms with E-state index in [1.54, 1.807) is 0 Å². The standard InChI is InChI=1S/C7H9F2NO3.K/c1-10(2)3-5(6(12)13)7(8,9)4-11;/h3-4H,1-2H3,(H,12,13);/q;+1/p-1. The molecule has 0 saturated heterocycles. The van der Waals surface area contributed by atoms with Gasteiger partial charge in [-0.2, -0.15) is 8.78 Å². The molecule has 0 heterocycles. The summed E-state index contributed by atoms with van der Waals surface area (Å²) in [5, 5.41) is 10.2. The van der Waals surface area contributed by atoms with Crippen LogP contribution in [0.25, 0.3) is 0 Å². The summed E-state index contributed by atoms with van der Waals surface area (Å²) in [7, 11) is 2.70. The van der Waals surface area contributed by atoms with E-state index in [9.17, 15) is 23.5 Å². The maximum atomic E-state index is 12.5. The third-order valence-electron chi connectivity index (χ3n) is 1.11. The van der Waals surface area contributed by atoms with Crippen LogP contribution in [-0.2, 0) is 9.59 Å². The van der Waals surface area contributed by atoms with E-state index in [1.165, 1.54) is 14.1 Å². The van der Waals surface area contributed by atoms with E-state index in [2.05, 4.69) is 0 Å². The smallest absolute Gasteiger partial charge is 0.545 e. The second kappa shape index (κ2) is 6.62. The number of carboxylic acids is 1. The van der Waals surface area contributed by atoms with E-state index >= 15 is 0 Å². The molecule has 0 fully saturated rings. The molecule has 0 rings (SSSR count). The molecule has 0 aliphatic heterocycles. The van der Waals surface area contributed by atoms with Crippen LogP contribution in [0.2, 0.25) is 0 Å². The minimum atomic E-state index is -4.01. The second-order valence-electron chi connectivity index (χ2n) is 2.53. The summed E-state index contributed by atoms with van der Waals surface area (Å²) < 4.78 is 25.1. The van der Waals surface area contributed by atoms with Gasteiger partial charge in [0.15, 0.2) is 6.29 Å². The van der Waals surface area contributed by atoms with Gasteiger partial charge in [-0.3, -0.25) is 4.79 Å². The van der Waals surface area contributed by atoms with Crippen LogP contribution in [0, 0.1) is 0 Å². The summed E-state index contributed by atoms with van der Waals surface area (Å²) >= 11 is 0. The molecule has 0 unspecified atom stereocenters. The zero-order valence-corrected chi connectivity index (χ0v) is 11.2. The van der Waals surface area contributed by atoms with E-state index in [1.807, 2.05) is 0 Å². The molecule has 0 radical (unpaired) electrons. The quantitative estimate of drug-likeness (QED) is 0.281. The van der Waals surface area contributed by atoms with Gasteiger partial charge in [-0.05, 0) is 0 Å². The molecule has 7 heteroatoms. The molecule has 0 aromatic carbocycles. The first-order chi connectivity index (χ1) is 5.81. The van der Waals surface area contributed by atoms with Crippen LogP contribution in [-0.4, -0.2) is 37.2 Å². The number of hydrogen-bond donors (Lipinski definition) is 0. The van der Waals surface area contributed by atoms with Gasteiger partial charge < -0.3 is 14.8 Å². The maximum Gasteiger partial charge on any atom is 1.00 e. The van der Waals surface area contributed by atoms with Crippen LogP contribution >= 0.6 is 0 Å². The topological polar surface area (TPSA) is 60.4 Å². The maximum absolute atomic E-state index is 12.5. The Hall–Kier alpha value is 0.176. The fourth-order valence-electron chi connectivity index (χ4n) is 0.597. The number of nitrogens with zero attached hydrogens (tertiary/aromatic N) is 1. The summed E-state index contributed by atoms with van der Waals surface area (Å²) in [5.74, 6) is -6.07. The van der Waals surface area contributed by atoms with Crippen LogP contribution in [0.1, 0.15) is 0 Å². The molecule has 0 spiro atoms. The van der Waals surface area contributed by atoms with Crippen molar-refractivity contribution >= 4 is 12.3 Å². The predicted octanol–water partition coefficient (Wildman–Crippen LogP) is -3.98. The zero-order chi connectivity index (χ0) is 10.6. The number of carbonyl (C=O) groups excluding carboxylic acids is 2. The molecule has 0 amide bonds. The fourth-order valence-corrected chi connectivity index (χ4v) is 0.597. The largest absolute Gasteiger partial charge is 1.00 e. The van der Waals surface area contributed by atoms with Crippen LogP contribution in [0.5, 0.6) is 0 Å². The average Bonchev–Trinajstić information content (AvgIpc) is 1.99. The molecule has 0 aliphatic carbocycles. The van der Waals surface area contributed by atoms with E-state index < -0.39 is 23.8 Å². The number of carbonyl (C=O) groups is 2. The van der Waals surface area contributed by atoms with Crippen molar-refractivity contribution in [1.29, 1.82) is 0 Å². The van der Waals surface area contributed by atoms with Crippen LogP contribution in [0.3, 0.4) is 0 Å². The van der Waals surface area contributed by atoms with Crippen LogP contribution < -0.4 is 56.5 Å². The third-order valence-corrected chi connectivity index (χ3v) is 1.11. The molecule has 0 bridgehead atoms. The van der Waals surface area contributed by atoms with Crippen molar-refractivity contribution in [2.45, 2.75) is 5.92 Å². The number of carboxylic acid groups (broad SMARTS) is 1. The van der Waals surface area contributed by atoms with Crippen molar-refractivity contribution in [3.63, 3.8) is 0 Å². The van der Waals surface area contributed by atoms with Crippen molar-refractivity contribution in [3.05, 3.63) is 11.8 Å². The number of alkyl halides is 2. The fraction of sp³-hybridized carbons (Fsp3) is 0.429. The normalized spacial score (nSPS) is 11.6. The Morgan fingerprint density at radius 3 is 2.07 bits per heavy atom. The average molecular weight is 231 g/mol. The molecule has 0 aromatic rings. The second-order valence-corrected chi connectivity index (χ2v) is 2.53. The molecule has 74 valence electrons. The Balaban J connectivity index is 0. The Kier molecular flexibility index (Phi) is 7.85. The summed E-state index contributed by atoms with van der Waals surface area (Å²) in [6.07, 6.45) is -0.109. The monoisotopic (exact) mass is 231 g/mol. The number of aldehydes is 1. The molecular formula is C7H8F2KNO3. The van der Waals surface area contributed by atoms with Gasteiger partial charge in [0.25, 0.3) is 0 Å². The van der Waals surface area contributed by atoms with Gasteiger partial charge in [-0.1, -0.05) is 0 Å². The molecule has 0 saturated carbocycles. The van der Waals surface area contributed by atoms with E-state index in [0.717, 1.165) is 4.90 Å². The molecule has 0 N–H and O–H groups in total. The Bertz CT molecular complexity index is 253. The number of hydrogen-bond acceptors (Lipinski definition) is 4. The van der Waals surface area contributed by atoms with Gasteiger partial charge in [-0.25, -0.2) is 0 Å². The van der Waals surface area contributed by atoms with Crippen molar-refractivity contribution in [2.24, 2.45) is 0 Å². The van der Waals surface area contributed by atoms with Crippen molar-refractivity contribution in [3.8, 4) is 0 Å².